The molecule has 2 fully saturated rings. The Morgan fingerprint density at radius 2 is 2.11 bits per heavy atom. The molecule has 0 unspecified atom stereocenters. The maximum absolute atomic E-state index is 13.6. The van der Waals surface area contributed by atoms with Gasteiger partial charge in [0.2, 0.25) is 0 Å². The van der Waals surface area contributed by atoms with Gasteiger partial charge in [-0.25, -0.2) is 0 Å². The van der Waals surface area contributed by atoms with Crippen LogP contribution in [0.15, 0.2) is 60.9 Å². The molecule has 1 saturated heterocycles. The molecule has 36 heavy (non-hydrogen) atoms. The summed E-state index contributed by atoms with van der Waals surface area (Å²) in [5, 5.41) is 11.7. The maximum atomic E-state index is 13.6. The molecule has 2 atom stereocenters. The number of likely N-dealkylation sites (N-methyl/N-ethyl adjacent to an activating group) is 1. The summed E-state index contributed by atoms with van der Waals surface area (Å²) in [5.74, 6) is 0.703. The van der Waals surface area contributed by atoms with Gasteiger partial charge < -0.3 is 15.0 Å². The number of benzene rings is 2. The second-order valence-corrected chi connectivity index (χ2v) is 11.4. The number of amides is 1. The quantitative estimate of drug-likeness (QED) is 0.384. The first-order chi connectivity index (χ1) is 17.4. The van der Waals surface area contributed by atoms with E-state index in [2.05, 4.69) is 50.6 Å². The zero-order valence-electron chi connectivity index (χ0n) is 20.9. The van der Waals surface area contributed by atoms with E-state index >= 15 is 0 Å². The summed E-state index contributed by atoms with van der Waals surface area (Å²) in [6.45, 7) is 3.11. The molecular weight excluding hydrogens is 466 g/mol. The highest BCUT2D eigenvalue weighted by Gasteiger charge is 2.47. The Kier molecular flexibility index (Phi) is 5.65. The third-order valence-corrected chi connectivity index (χ3v) is 8.80. The monoisotopic (exact) mass is 497 g/mol. The molecule has 1 amide bonds. The lowest BCUT2D eigenvalue weighted by Gasteiger charge is -2.41. The fourth-order valence-corrected chi connectivity index (χ4v) is 6.47. The van der Waals surface area contributed by atoms with Gasteiger partial charge in [-0.1, -0.05) is 12.1 Å². The van der Waals surface area contributed by atoms with Crippen LogP contribution in [0, 0.1) is 6.92 Å². The number of carbonyl (C=O) groups excluding carboxylic acids is 1. The van der Waals surface area contributed by atoms with Gasteiger partial charge in [0, 0.05) is 34.9 Å². The number of ether oxygens (including phenoxy) is 1. The summed E-state index contributed by atoms with van der Waals surface area (Å²) in [6, 6.07) is 16.6. The van der Waals surface area contributed by atoms with Crippen LogP contribution in [0.1, 0.15) is 40.7 Å². The standard InChI is InChI=1S/C28H31N5O2Si/c1-17-5-6-19(35-27(36)25-8-13-33(25)2)16-21(17)26(34)31-28(9-10-28)22-14-18(23-7-12-30-32-23)15-24-20(22)4-3-11-29-24/h3-7,11-12,14-16,25,27H,8-10,13H2,1-2,36H3,(H,30,32)(H,31,34)/t25-,27-/m0/s1. The molecule has 1 aliphatic carbocycles. The van der Waals surface area contributed by atoms with E-state index in [4.69, 9.17) is 4.74 Å². The summed E-state index contributed by atoms with van der Waals surface area (Å²) in [7, 11) is 3.09. The van der Waals surface area contributed by atoms with E-state index in [1.54, 1.807) is 6.20 Å². The van der Waals surface area contributed by atoms with Gasteiger partial charge in [0.15, 0.2) is 0 Å². The number of nitrogens with zero attached hydrogens (tertiary/aromatic N) is 3. The number of H-pyrrole nitrogens is 1. The van der Waals surface area contributed by atoms with Crippen LogP contribution in [0.2, 0.25) is 0 Å². The minimum absolute atomic E-state index is 0.0664. The molecule has 4 aromatic rings. The SMILES string of the molecule is Cc1ccc(O[C@@H]([SiH3])[C@@H]2CCN2C)cc1C(=O)NC1(c2cc(-c3cc[nH]n3)cc3ncccc23)CC1. The lowest BCUT2D eigenvalue weighted by molar-refractivity contribution is 0.0562. The van der Waals surface area contributed by atoms with E-state index in [0.29, 0.717) is 11.6 Å². The number of nitrogens with one attached hydrogen (secondary N) is 2. The van der Waals surface area contributed by atoms with Gasteiger partial charge in [0.1, 0.15) is 5.75 Å². The summed E-state index contributed by atoms with van der Waals surface area (Å²) in [5.41, 5.74) is 5.25. The third-order valence-electron chi connectivity index (χ3n) is 7.80. The topological polar surface area (TPSA) is 83.1 Å². The molecule has 184 valence electrons. The minimum Gasteiger partial charge on any atom is -0.494 e. The van der Waals surface area contributed by atoms with Crippen molar-refractivity contribution in [1.82, 2.24) is 25.4 Å². The van der Waals surface area contributed by atoms with Crippen molar-refractivity contribution in [3.63, 3.8) is 0 Å². The van der Waals surface area contributed by atoms with Gasteiger partial charge in [-0.3, -0.25) is 14.9 Å². The Morgan fingerprint density at radius 3 is 2.81 bits per heavy atom. The average molecular weight is 498 g/mol. The zero-order chi connectivity index (χ0) is 24.9. The van der Waals surface area contributed by atoms with Crippen molar-refractivity contribution in [2.45, 2.75) is 43.5 Å². The number of carbonyl (C=O) groups is 1. The van der Waals surface area contributed by atoms with Crippen LogP contribution in [0.5, 0.6) is 5.75 Å². The van der Waals surface area contributed by atoms with E-state index in [1.165, 1.54) is 6.42 Å². The fourth-order valence-electron chi connectivity index (χ4n) is 5.36. The Balaban J connectivity index is 1.30. The normalized spacial score (nSPS) is 19.6. The lowest BCUT2D eigenvalue weighted by atomic mass is 9.95. The number of likely N-dealkylation sites (tertiary alicyclic amines) is 1. The van der Waals surface area contributed by atoms with Gasteiger partial charge in [-0.05, 0) is 87.3 Å². The lowest BCUT2D eigenvalue weighted by Crippen LogP contribution is -2.53. The highest BCUT2D eigenvalue weighted by molar-refractivity contribution is 6.11. The summed E-state index contributed by atoms with van der Waals surface area (Å²) < 4.78 is 6.30. The summed E-state index contributed by atoms with van der Waals surface area (Å²) >= 11 is 0. The van der Waals surface area contributed by atoms with Crippen LogP contribution >= 0.6 is 0 Å². The molecule has 2 aromatic carbocycles. The van der Waals surface area contributed by atoms with Crippen molar-refractivity contribution >= 4 is 27.1 Å². The molecule has 8 heteroatoms. The van der Waals surface area contributed by atoms with Gasteiger partial charge >= 0.3 is 0 Å². The molecule has 0 spiro atoms. The minimum atomic E-state index is -0.414. The molecule has 1 aliphatic heterocycles. The second-order valence-electron chi connectivity index (χ2n) is 10.2. The van der Waals surface area contributed by atoms with E-state index in [9.17, 15) is 4.79 Å². The number of aromatic nitrogens is 3. The summed E-state index contributed by atoms with van der Waals surface area (Å²) in [6.07, 6.45) is 6.57. The predicted octanol–water partition coefficient (Wildman–Crippen LogP) is 3.13. The van der Waals surface area contributed by atoms with Crippen LogP contribution in [-0.4, -0.2) is 61.6 Å². The van der Waals surface area contributed by atoms with Gasteiger partial charge in [-0.15, -0.1) is 0 Å². The first-order valence-corrected chi connectivity index (χ1v) is 13.8. The van der Waals surface area contributed by atoms with Gasteiger partial charge in [0.25, 0.3) is 5.91 Å². The number of pyridine rings is 1. The van der Waals surface area contributed by atoms with E-state index < -0.39 is 5.54 Å². The van der Waals surface area contributed by atoms with Crippen molar-refractivity contribution in [1.29, 1.82) is 0 Å². The van der Waals surface area contributed by atoms with Crippen molar-refractivity contribution < 1.29 is 9.53 Å². The predicted molar refractivity (Wildman–Crippen MR) is 144 cm³/mol. The third kappa shape index (κ3) is 4.10. The molecule has 2 N–H and O–H groups in total. The molecule has 0 radical (unpaired) electrons. The molecule has 6 rings (SSSR count). The Labute approximate surface area is 213 Å². The molecule has 1 saturated carbocycles. The van der Waals surface area contributed by atoms with Crippen molar-refractivity contribution in [2.75, 3.05) is 13.6 Å². The van der Waals surface area contributed by atoms with Crippen molar-refractivity contribution in [2.24, 2.45) is 0 Å². The van der Waals surface area contributed by atoms with E-state index in [0.717, 1.165) is 68.7 Å². The number of hydrogen-bond donors (Lipinski definition) is 2. The second kappa shape index (κ2) is 8.87. The Morgan fingerprint density at radius 1 is 1.25 bits per heavy atom. The molecule has 3 heterocycles. The van der Waals surface area contributed by atoms with Gasteiger partial charge in [-0.2, -0.15) is 5.10 Å². The molecule has 2 aromatic heterocycles. The smallest absolute Gasteiger partial charge is 0.252 e. The molecular formula is C28H31N5O2Si. The van der Waals surface area contributed by atoms with Crippen LogP contribution in [-0.2, 0) is 5.54 Å². The Bertz CT molecular complexity index is 1430. The zero-order valence-corrected chi connectivity index (χ0v) is 22.9. The van der Waals surface area contributed by atoms with Crippen LogP contribution in [0.3, 0.4) is 0 Å². The van der Waals surface area contributed by atoms with Crippen LogP contribution in [0.25, 0.3) is 22.2 Å². The summed E-state index contributed by atoms with van der Waals surface area (Å²) in [4.78, 5) is 20.6. The highest BCUT2D eigenvalue weighted by atomic mass is 28.1. The highest BCUT2D eigenvalue weighted by Crippen LogP contribution is 2.49. The van der Waals surface area contributed by atoms with Crippen molar-refractivity contribution in [3.05, 3.63) is 77.6 Å². The molecule has 7 nitrogen and oxygen atoms in total. The maximum Gasteiger partial charge on any atom is 0.252 e. The number of fused-ring (bicyclic) bond motifs is 1. The largest absolute Gasteiger partial charge is 0.494 e. The average Bonchev–Trinajstić information content (AvgIpc) is 3.42. The number of hydrogen-bond acceptors (Lipinski definition) is 5. The fraction of sp³-hybridized carbons (Fsp3) is 0.321. The van der Waals surface area contributed by atoms with Crippen LogP contribution < -0.4 is 10.1 Å². The van der Waals surface area contributed by atoms with Crippen LogP contribution in [0.4, 0.5) is 0 Å². The van der Waals surface area contributed by atoms with Crippen molar-refractivity contribution in [3.8, 4) is 17.0 Å². The van der Waals surface area contributed by atoms with E-state index in [1.807, 2.05) is 43.5 Å². The first-order valence-electron chi connectivity index (χ1n) is 12.6. The number of aromatic amines is 1. The number of rotatable bonds is 7. The van der Waals surface area contributed by atoms with Gasteiger partial charge in [0.05, 0.1) is 32.7 Å². The van der Waals surface area contributed by atoms with E-state index in [-0.39, 0.29) is 11.6 Å². The number of aryl methyl sites for hydroxylation is 1. The molecule has 0 bridgehead atoms. The first kappa shape index (κ1) is 22.9. The Hall–Kier alpha value is -3.49. The molecule has 2 aliphatic rings.